The lowest BCUT2D eigenvalue weighted by Gasteiger charge is -2.16. The van der Waals surface area contributed by atoms with Crippen molar-refractivity contribution in [2.75, 3.05) is 24.8 Å². The van der Waals surface area contributed by atoms with Gasteiger partial charge >= 0.3 is 0 Å². The van der Waals surface area contributed by atoms with Crippen LogP contribution in [0.25, 0.3) is 11.1 Å². The molecule has 4 bridgehead atoms. The van der Waals surface area contributed by atoms with Crippen LogP contribution in [0.1, 0.15) is 12.0 Å². The van der Waals surface area contributed by atoms with Crippen molar-refractivity contribution in [2.24, 2.45) is 0 Å². The highest BCUT2D eigenvalue weighted by Crippen LogP contribution is 2.34. The predicted octanol–water partition coefficient (Wildman–Crippen LogP) is 3.87. The third-order valence-corrected chi connectivity index (χ3v) is 5.29. The van der Waals surface area contributed by atoms with Crippen LogP contribution in [0.2, 0.25) is 0 Å². The quantitative estimate of drug-likeness (QED) is 0.638. The fourth-order valence-electron chi connectivity index (χ4n) is 3.18. The Morgan fingerprint density at radius 1 is 1.03 bits per heavy atom. The van der Waals surface area contributed by atoms with Crippen LogP contribution in [0.3, 0.4) is 0 Å². The molecule has 4 rings (SSSR count). The van der Waals surface area contributed by atoms with Gasteiger partial charge in [0.25, 0.3) is 0 Å². The Kier molecular flexibility index (Phi) is 5.73. The first-order valence-corrected chi connectivity index (χ1v) is 11.5. The van der Waals surface area contributed by atoms with Gasteiger partial charge in [-0.1, -0.05) is 0 Å². The normalized spacial score (nSPS) is 13.8. The van der Waals surface area contributed by atoms with E-state index in [-0.39, 0.29) is 42.0 Å². The molecule has 1 aliphatic rings. The lowest BCUT2D eigenvalue weighted by molar-refractivity contribution is 0.242. The fraction of sp³-hybridized carbons (Fsp3) is 0.238. The highest BCUT2D eigenvalue weighted by Gasteiger charge is 2.16. The summed E-state index contributed by atoms with van der Waals surface area (Å²) in [5.74, 6) is -0.286. The summed E-state index contributed by atoms with van der Waals surface area (Å²) in [7, 11) is -3.28. The van der Waals surface area contributed by atoms with Crippen molar-refractivity contribution in [1.29, 1.82) is 0 Å². The Balaban J connectivity index is 1.80. The number of nitrogens with one attached hydrogen (secondary N) is 1. The molecule has 31 heavy (non-hydrogen) atoms. The van der Waals surface area contributed by atoms with Gasteiger partial charge in [-0.05, 0) is 29.8 Å². The van der Waals surface area contributed by atoms with E-state index in [1.165, 1.54) is 24.3 Å². The largest absolute Gasteiger partial charge is 0.493 e. The predicted molar refractivity (Wildman–Crippen MR) is 111 cm³/mol. The second kappa shape index (κ2) is 8.46. The summed E-state index contributed by atoms with van der Waals surface area (Å²) < 4.78 is 63.1. The lowest BCUT2D eigenvalue weighted by Crippen LogP contribution is -2.09. The standard InChI is InChI=1S/C21H19F2N3O4S/c1-31(27,28)12-13-7-20-25-19-10-16(17(23)11-24-19)15-4-3-14(22)9-18(15)29-5-2-6-30-21(8-13)26-20/h3-4,7-11H,2,5-6,12H2,1H3,(H,24,25,26). The van der Waals surface area contributed by atoms with E-state index < -0.39 is 21.5 Å². The zero-order valence-corrected chi connectivity index (χ0v) is 17.4. The molecule has 0 atom stereocenters. The van der Waals surface area contributed by atoms with Crippen LogP contribution in [0.15, 0.2) is 42.6 Å². The van der Waals surface area contributed by atoms with Gasteiger partial charge in [0.1, 0.15) is 29.0 Å². The van der Waals surface area contributed by atoms with E-state index in [1.54, 1.807) is 12.1 Å². The van der Waals surface area contributed by atoms with E-state index in [1.807, 2.05) is 0 Å². The third kappa shape index (κ3) is 5.26. The number of halogens is 2. The minimum atomic E-state index is -3.28. The van der Waals surface area contributed by atoms with Crippen LogP contribution in [-0.4, -0.2) is 37.9 Å². The average molecular weight is 447 g/mol. The number of fused-ring (bicyclic) bond motifs is 6. The summed E-state index contributed by atoms with van der Waals surface area (Å²) in [6.07, 6.45) is 2.62. The van der Waals surface area contributed by atoms with Gasteiger partial charge in [0, 0.05) is 35.9 Å². The number of benzene rings is 1. The summed E-state index contributed by atoms with van der Waals surface area (Å²) in [6, 6.07) is 8.44. The number of anilines is 2. The maximum absolute atomic E-state index is 14.6. The van der Waals surface area contributed by atoms with Crippen LogP contribution >= 0.6 is 0 Å². The first-order chi connectivity index (χ1) is 14.8. The summed E-state index contributed by atoms with van der Waals surface area (Å²) in [4.78, 5) is 8.36. The van der Waals surface area contributed by atoms with Gasteiger partial charge in [0.2, 0.25) is 5.88 Å². The first kappa shape index (κ1) is 21.0. The molecular weight excluding hydrogens is 428 g/mol. The molecule has 1 N–H and O–H groups in total. The molecule has 3 aromatic rings. The van der Waals surface area contributed by atoms with Crippen LogP contribution < -0.4 is 14.8 Å². The highest BCUT2D eigenvalue weighted by atomic mass is 32.2. The van der Waals surface area contributed by atoms with Crippen LogP contribution in [0.4, 0.5) is 20.4 Å². The maximum atomic E-state index is 14.6. The highest BCUT2D eigenvalue weighted by molar-refractivity contribution is 7.89. The number of hydrogen-bond donors (Lipinski definition) is 1. The summed E-state index contributed by atoms with van der Waals surface area (Å²) >= 11 is 0. The SMILES string of the molecule is CS(=O)(=O)Cc1cc2nc(c1)OCCCOc1cc(F)ccc1-c1cc(ncc1F)N2. The number of pyridine rings is 2. The van der Waals surface area contributed by atoms with E-state index in [9.17, 15) is 17.2 Å². The molecule has 0 radical (unpaired) electrons. The fourth-order valence-corrected chi connectivity index (χ4v) is 3.96. The van der Waals surface area contributed by atoms with Crippen LogP contribution in [-0.2, 0) is 15.6 Å². The molecule has 0 saturated carbocycles. The second-order valence-electron chi connectivity index (χ2n) is 7.13. The van der Waals surface area contributed by atoms with Gasteiger partial charge in [0.05, 0.1) is 25.2 Å². The molecule has 0 unspecified atom stereocenters. The second-order valence-corrected chi connectivity index (χ2v) is 9.27. The topological polar surface area (TPSA) is 90.4 Å². The van der Waals surface area contributed by atoms with E-state index in [4.69, 9.17) is 9.47 Å². The Morgan fingerprint density at radius 2 is 1.84 bits per heavy atom. The monoisotopic (exact) mass is 447 g/mol. The van der Waals surface area contributed by atoms with E-state index in [0.29, 0.717) is 23.4 Å². The molecule has 162 valence electrons. The van der Waals surface area contributed by atoms with Gasteiger partial charge in [-0.2, -0.15) is 4.98 Å². The van der Waals surface area contributed by atoms with Crippen LogP contribution in [0.5, 0.6) is 11.6 Å². The first-order valence-electron chi connectivity index (χ1n) is 9.44. The van der Waals surface area contributed by atoms with E-state index >= 15 is 0 Å². The number of hydrogen-bond acceptors (Lipinski definition) is 7. The molecule has 3 heterocycles. The molecule has 0 saturated heterocycles. The molecule has 1 aliphatic heterocycles. The Bertz CT molecular complexity index is 1240. The molecule has 1 aromatic carbocycles. The molecule has 2 aromatic heterocycles. The number of sulfone groups is 1. The lowest BCUT2D eigenvalue weighted by atomic mass is 10.0. The number of rotatable bonds is 2. The van der Waals surface area contributed by atoms with E-state index in [2.05, 4.69) is 15.3 Å². The summed E-state index contributed by atoms with van der Waals surface area (Å²) in [6.45, 7) is 0.432. The van der Waals surface area contributed by atoms with E-state index in [0.717, 1.165) is 12.5 Å². The van der Waals surface area contributed by atoms with Gasteiger partial charge in [-0.15, -0.1) is 0 Å². The van der Waals surface area contributed by atoms with Crippen molar-refractivity contribution in [1.82, 2.24) is 9.97 Å². The van der Waals surface area contributed by atoms with Gasteiger partial charge < -0.3 is 14.8 Å². The minimum absolute atomic E-state index is 0.174. The van der Waals surface area contributed by atoms with Crippen molar-refractivity contribution < 1.29 is 26.7 Å². The van der Waals surface area contributed by atoms with Crippen molar-refractivity contribution >= 4 is 21.5 Å². The Labute approximate surface area is 178 Å². The maximum Gasteiger partial charge on any atom is 0.215 e. The Hall–Kier alpha value is -3.27. The molecule has 0 fully saturated rings. The van der Waals surface area contributed by atoms with Crippen molar-refractivity contribution in [3.63, 3.8) is 0 Å². The average Bonchev–Trinajstić information content (AvgIpc) is 2.67. The van der Waals surface area contributed by atoms with Gasteiger partial charge in [0.15, 0.2) is 9.84 Å². The van der Waals surface area contributed by atoms with Crippen molar-refractivity contribution in [3.05, 3.63) is 59.8 Å². The van der Waals surface area contributed by atoms with Crippen molar-refractivity contribution in [2.45, 2.75) is 12.2 Å². The number of ether oxygens (including phenoxy) is 2. The molecule has 0 amide bonds. The zero-order valence-electron chi connectivity index (χ0n) is 16.6. The van der Waals surface area contributed by atoms with Gasteiger partial charge in [-0.3, -0.25) is 0 Å². The summed E-state index contributed by atoms with van der Waals surface area (Å²) in [5.41, 5.74) is 1.04. The molecule has 0 spiro atoms. The van der Waals surface area contributed by atoms with Crippen molar-refractivity contribution in [3.8, 4) is 22.8 Å². The molecule has 0 aliphatic carbocycles. The van der Waals surface area contributed by atoms with Crippen LogP contribution in [0, 0.1) is 11.6 Å². The summed E-state index contributed by atoms with van der Waals surface area (Å²) in [5, 5.41) is 2.95. The Morgan fingerprint density at radius 3 is 2.65 bits per heavy atom. The molecule has 7 nitrogen and oxygen atoms in total. The smallest absolute Gasteiger partial charge is 0.215 e. The third-order valence-electron chi connectivity index (χ3n) is 4.43. The van der Waals surface area contributed by atoms with Gasteiger partial charge in [-0.25, -0.2) is 22.2 Å². The zero-order chi connectivity index (χ0) is 22.0. The minimum Gasteiger partial charge on any atom is -0.493 e. The number of nitrogens with zero attached hydrogens (tertiary/aromatic N) is 2. The number of aromatic nitrogens is 2. The molecule has 10 heteroatoms. The molecular formula is C21H19F2N3O4S.